The van der Waals surface area contributed by atoms with Gasteiger partial charge in [-0.3, -0.25) is 0 Å². The quantitative estimate of drug-likeness (QED) is 0.217. The predicted molar refractivity (Wildman–Crippen MR) is 180 cm³/mol. The molecule has 0 radical (unpaired) electrons. The largest absolute Gasteiger partial charge is 0.456 e. The van der Waals surface area contributed by atoms with Crippen LogP contribution in [0.1, 0.15) is 0 Å². The lowest BCUT2D eigenvalue weighted by Crippen LogP contribution is -2.09. The highest BCUT2D eigenvalue weighted by Gasteiger charge is 2.18. The number of rotatable bonds is 4. The van der Waals surface area contributed by atoms with E-state index in [2.05, 4.69) is 167 Å². The van der Waals surface area contributed by atoms with Crippen molar-refractivity contribution < 1.29 is 4.42 Å². The summed E-state index contributed by atoms with van der Waals surface area (Å²) in [5.41, 5.74) is 8.56. The summed E-state index contributed by atoms with van der Waals surface area (Å²) in [6.07, 6.45) is 0. The number of hydrogen-bond donors (Lipinski definition) is 0. The molecule has 0 amide bonds. The Bertz CT molecular complexity index is 2450. The molecule has 0 atom stereocenters. The molecule has 0 aliphatic carbocycles. The fraction of sp³-hybridized carbons (Fsp3) is 0. The molecule has 7 aromatic carbocycles. The number of aromatic nitrogens is 1. The van der Waals surface area contributed by atoms with Gasteiger partial charge in [-0.05, 0) is 83.6 Å². The van der Waals surface area contributed by atoms with Gasteiger partial charge < -0.3 is 13.9 Å². The van der Waals surface area contributed by atoms with Gasteiger partial charge in [-0.1, -0.05) is 78.9 Å². The fourth-order valence-corrected chi connectivity index (χ4v) is 6.57. The second-order valence-electron chi connectivity index (χ2n) is 11.0. The zero-order valence-corrected chi connectivity index (χ0v) is 23.3. The summed E-state index contributed by atoms with van der Waals surface area (Å²) in [5.74, 6) is 0. The predicted octanol–water partition coefficient (Wildman–Crippen LogP) is 11.3. The molecule has 9 rings (SSSR count). The molecule has 0 N–H and O–H groups in total. The van der Waals surface area contributed by atoms with Crippen LogP contribution in [0.15, 0.2) is 162 Å². The van der Waals surface area contributed by atoms with Crippen molar-refractivity contribution in [1.29, 1.82) is 0 Å². The number of anilines is 3. The molecule has 43 heavy (non-hydrogen) atoms. The van der Waals surface area contributed by atoms with E-state index in [9.17, 15) is 0 Å². The van der Waals surface area contributed by atoms with E-state index in [4.69, 9.17) is 4.42 Å². The van der Waals surface area contributed by atoms with Crippen molar-refractivity contribution in [3.63, 3.8) is 0 Å². The molecule has 0 fully saturated rings. The lowest BCUT2D eigenvalue weighted by molar-refractivity contribution is 0.669. The Hall–Kier alpha value is -5.80. The molecule has 0 saturated heterocycles. The molecule has 3 nitrogen and oxygen atoms in total. The Morgan fingerprint density at radius 2 is 1.02 bits per heavy atom. The number of hydrogen-bond acceptors (Lipinski definition) is 2. The van der Waals surface area contributed by atoms with Crippen LogP contribution in [0.3, 0.4) is 0 Å². The van der Waals surface area contributed by atoms with Crippen molar-refractivity contribution in [1.82, 2.24) is 4.57 Å². The Kier molecular flexibility index (Phi) is 5.20. The van der Waals surface area contributed by atoms with E-state index in [1.807, 2.05) is 0 Å². The number of nitrogens with zero attached hydrogens (tertiary/aromatic N) is 2. The summed E-state index contributed by atoms with van der Waals surface area (Å²) < 4.78 is 8.83. The van der Waals surface area contributed by atoms with Crippen LogP contribution in [-0.2, 0) is 0 Å². The van der Waals surface area contributed by atoms with E-state index in [1.165, 1.54) is 32.6 Å². The molecule has 0 bridgehead atoms. The van der Waals surface area contributed by atoms with Gasteiger partial charge in [0, 0.05) is 50.4 Å². The minimum Gasteiger partial charge on any atom is -0.456 e. The lowest BCUT2D eigenvalue weighted by Gasteiger charge is -2.25. The van der Waals surface area contributed by atoms with Gasteiger partial charge in [0.25, 0.3) is 0 Å². The molecule has 9 aromatic rings. The molecule has 0 saturated carbocycles. The summed E-state index contributed by atoms with van der Waals surface area (Å²) in [6.45, 7) is 0. The molecule has 0 aliphatic rings. The van der Waals surface area contributed by atoms with Crippen molar-refractivity contribution in [3.05, 3.63) is 158 Å². The summed E-state index contributed by atoms with van der Waals surface area (Å²) in [4.78, 5) is 2.32. The average molecular weight is 551 g/mol. The minimum absolute atomic E-state index is 0.880. The van der Waals surface area contributed by atoms with Crippen molar-refractivity contribution in [3.8, 4) is 5.69 Å². The first-order valence-electron chi connectivity index (χ1n) is 14.6. The van der Waals surface area contributed by atoms with Crippen LogP contribution < -0.4 is 4.90 Å². The van der Waals surface area contributed by atoms with Crippen LogP contribution in [0.2, 0.25) is 0 Å². The summed E-state index contributed by atoms with van der Waals surface area (Å²) in [6, 6.07) is 56.0. The van der Waals surface area contributed by atoms with E-state index in [0.29, 0.717) is 0 Å². The van der Waals surface area contributed by atoms with E-state index in [1.54, 1.807) is 0 Å². The first-order chi connectivity index (χ1) is 21.3. The van der Waals surface area contributed by atoms with Crippen LogP contribution in [0.5, 0.6) is 0 Å². The first-order valence-corrected chi connectivity index (χ1v) is 14.6. The van der Waals surface area contributed by atoms with Gasteiger partial charge in [0.1, 0.15) is 11.2 Å². The van der Waals surface area contributed by atoms with Crippen molar-refractivity contribution in [2.75, 3.05) is 4.90 Å². The molecular weight excluding hydrogens is 524 g/mol. The maximum atomic E-state index is 6.47. The monoisotopic (exact) mass is 550 g/mol. The Balaban J connectivity index is 1.26. The second-order valence-corrected chi connectivity index (χ2v) is 11.0. The topological polar surface area (TPSA) is 21.3 Å². The van der Waals surface area contributed by atoms with Gasteiger partial charge in [0.2, 0.25) is 0 Å². The van der Waals surface area contributed by atoms with Gasteiger partial charge in [-0.25, -0.2) is 0 Å². The second kappa shape index (κ2) is 9.37. The molecule has 202 valence electrons. The van der Waals surface area contributed by atoms with Crippen molar-refractivity contribution in [2.24, 2.45) is 0 Å². The molecule has 2 aromatic heterocycles. The summed E-state index contributed by atoms with van der Waals surface area (Å²) >= 11 is 0. The van der Waals surface area contributed by atoms with E-state index in [-0.39, 0.29) is 0 Å². The normalized spacial score (nSPS) is 11.7. The maximum absolute atomic E-state index is 6.47. The number of fused-ring (bicyclic) bond motifs is 7. The Morgan fingerprint density at radius 3 is 1.86 bits per heavy atom. The maximum Gasteiger partial charge on any atom is 0.137 e. The number of furan rings is 1. The summed E-state index contributed by atoms with van der Waals surface area (Å²) in [7, 11) is 0. The highest BCUT2D eigenvalue weighted by molar-refractivity contribution is 6.12. The molecule has 2 heterocycles. The molecule has 3 heteroatoms. The van der Waals surface area contributed by atoms with Crippen molar-refractivity contribution >= 4 is 71.6 Å². The SMILES string of the molecule is c1ccc(N(c2ccc3c(c2)oc2cc4ccccc4cc23)c2ccc3c(c2)c2ccccc2n3-c2ccccc2)cc1. The molecular formula is C40H26N2O. The number of para-hydroxylation sites is 3. The van der Waals surface area contributed by atoms with Crippen LogP contribution >= 0.6 is 0 Å². The Labute approximate surface area is 248 Å². The average Bonchev–Trinajstić information content (AvgIpc) is 3.59. The van der Waals surface area contributed by atoms with Gasteiger partial charge in [-0.15, -0.1) is 0 Å². The Morgan fingerprint density at radius 1 is 0.395 bits per heavy atom. The number of benzene rings is 7. The highest BCUT2D eigenvalue weighted by atomic mass is 16.3. The van der Waals surface area contributed by atoms with Crippen molar-refractivity contribution in [2.45, 2.75) is 0 Å². The first kappa shape index (κ1) is 23.9. The molecule has 0 spiro atoms. The van der Waals surface area contributed by atoms with Crippen LogP contribution in [0.25, 0.3) is 60.2 Å². The van der Waals surface area contributed by atoms with Crippen LogP contribution in [0, 0.1) is 0 Å². The van der Waals surface area contributed by atoms with Gasteiger partial charge >= 0.3 is 0 Å². The minimum atomic E-state index is 0.880. The van der Waals surface area contributed by atoms with Crippen LogP contribution in [-0.4, -0.2) is 4.57 Å². The third-order valence-electron chi connectivity index (χ3n) is 8.52. The standard InChI is InChI=1S/C40H26N2O/c1-3-13-29(14-4-1)41(32-19-21-34-36-23-27-11-7-8-12-28(27)24-39(36)43-40(34)26-32)31-20-22-38-35(25-31)33-17-9-10-18-37(33)42(38)30-15-5-2-6-16-30/h1-26H. The van der Waals surface area contributed by atoms with E-state index >= 15 is 0 Å². The smallest absolute Gasteiger partial charge is 0.137 e. The zero-order chi connectivity index (χ0) is 28.3. The third kappa shape index (κ3) is 3.75. The highest BCUT2D eigenvalue weighted by Crippen LogP contribution is 2.41. The van der Waals surface area contributed by atoms with Gasteiger partial charge in [0.05, 0.1) is 11.0 Å². The zero-order valence-electron chi connectivity index (χ0n) is 23.3. The lowest BCUT2D eigenvalue weighted by atomic mass is 10.1. The third-order valence-corrected chi connectivity index (χ3v) is 8.52. The summed E-state index contributed by atoms with van der Waals surface area (Å²) in [5, 5.41) is 7.12. The molecule has 0 unspecified atom stereocenters. The van der Waals surface area contributed by atoms with Gasteiger partial charge in [-0.2, -0.15) is 0 Å². The molecule has 0 aliphatic heterocycles. The van der Waals surface area contributed by atoms with Gasteiger partial charge in [0.15, 0.2) is 0 Å². The fourth-order valence-electron chi connectivity index (χ4n) is 6.57. The van der Waals surface area contributed by atoms with E-state index in [0.717, 1.165) is 44.7 Å². The van der Waals surface area contributed by atoms with E-state index < -0.39 is 0 Å². The van der Waals surface area contributed by atoms with Crippen LogP contribution in [0.4, 0.5) is 17.1 Å².